The van der Waals surface area contributed by atoms with Crippen LogP contribution in [0.4, 0.5) is 0 Å². The monoisotopic (exact) mass is 575 g/mol. The number of hydrogen-bond acceptors (Lipinski definition) is 7. The molecule has 2 aromatic carbocycles. The van der Waals surface area contributed by atoms with Gasteiger partial charge in [-0.3, -0.25) is 10.1 Å². The molecule has 0 radical (unpaired) electrons. The van der Waals surface area contributed by atoms with E-state index in [0.717, 1.165) is 46.8 Å². The zero-order chi connectivity index (χ0) is 27.1. The van der Waals surface area contributed by atoms with E-state index in [-0.39, 0.29) is 30.5 Å². The predicted octanol–water partition coefficient (Wildman–Crippen LogP) is 5.10. The van der Waals surface area contributed by atoms with Gasteiger partial charge in [0, 0.05) is 34.1 Å². The number of benzene rings is 2. The lowest BCUT2D eigenvalue weighted by Crippen LogP contribution is -2.31. The first-order valence-corrected chi connectivity index (χ1v) is 12.9. The number of carbonyl (C=O) groups excluding carboxylic acids is 1. The molecule has 0 bridgehead atoms. The van der Waals surface area contributed by atoms with Crippen LogP contribution in [0.15, 0.2) is 47.0 Å². The second-order valence-electron chi connectivity index (χ2n) is 9.55. The number of esters is 1. The highest BCUT2D eigenvalue weighted by Gasteiger charge is 2.48. The molecule has 0 aromatic heterocycles. The Bertz CT molecular complexity index is 1150. The number of fused-ring (bicyclic) bond motifs is 3. The largest absolute Gasteiger partial charge is 0.489 e. The molecule has 200 valence electrons. The number of nitrogens with zero attached hydrogens (tertiary/aromatic N) is 1. The lowest BCUT2D eigenvalue weighted by atomic mass is 9.74. The summed E-state index contributed by atoms with van der Waals surface area (Å²) in [5, 5.41) is 15.6. The molecule has 0 amide bonds. The summed E-state index contributed by atoms with van der Waals surface area (Å²) in [5.74, 6) is -0.0355. The quantitative estimate of drug-likeness (QED) is 0.194. The van der Waals surface area contributed by atoms with Crippen molar-refractivity contribution in [2.45, 2.75) is 39.4 Å². The molecule has 1 saturated heterocycles. The van der Waals surface area contributed by atoms with Crippen LogP contribution in [-0.2, 0) is 32.2 Å². The van der Waals surface area contributed by atoms with Gasteiger partial charge >= 0.3 is 11.9 Å². The van der Waals surface area contributed by atoms with E-state index < -0.39 is 5.97 Å². The Balaban J connectivity index is 0.000000414. The maximum absolute atomic E-state index is 12.6. The summed E-state index contributed by atoms with van der Waals surface area (Å²) in [7, 11) is 4.03. The maximum Gasteiger partial charge on any atom is 0.328 e. The fourth-order valence-electron chi connectivity index (χ4n) is 5.02. The summed E-state index contributed by atoms with van der Waals surface area (Å²) in [5.41, 5.74) is 5.94. The molecule has 3 atom stereocenters. The number of carboxylic acid groups (broad SMARTS) is 1. The van der Waals surface area contributed by atoms with E-state index in [4.69, 9.17) is 19.8 Å². The number of aryl methyl sites for hydroxylation is 1. The molecule has 2 N–H and O–H groups in total. The fourth-order valence-corrected chi connectivity index (χ4v) is 5.42. The van der Waals surface area contributed by atoms with E-state index >= 15 is 0 Å². The molecule has 8 nitrogen and oxygen atoms in total. The third-order valence-corrected chi connectivity index (χ3v) is 7.49. The topological polar surface area (TPSA) is 106 Å². The van der Waals surface area contributed by atoms with Crippen molar-refractivity contribution in [3.05, 3.63) is 74.8 Å². The van der Waals surface area contributed by atoms with Crippen molar-refractivity contribution in [2.75, 3.05) is 27.2 Å². The summed E-state index contributed by atoms with van der Waals surface area (Å²) < 4.78 is 13.2. The first-order chi connectivity index (χ1) is 17.6. The molecular weight excluding hydrogens is 542 g/mol. The lowest BCUT2D eigenvalue weighted by molar-refractivity contribution is -0.231. The molecule has 2 aromatic rings. The number of carboxylic acids is 1. The van der Waals surface area contributed by atoms with Crippen molar-refractivity contribution in [2.24, 2.45) is 11.8 Å². The fraction of sp³-hybridized carbons (Fsp3) is 0.429. The van der Waals surface area contributed by atoms with Crippen molar-refractivity contribution in [1.82, 2.24) is 4.90 Å². The van der Waals surface area contributed by atoms with E-state index in [1.807, 2.05) is 32.3 Å². The summed E-state index contributed by atoms with van der Waals surface area (Å²) in [4.78, 5) is 27.9. The minimum atomic E-state index is -1.05. The molecule has 2 aliphatic rings. The van der Waals surface area contributed by atoms with Crippen molar-refractivity contribution in [1.29, 1.82) is 0 Å². The number of hydrogen-bond donors (Lipinski definition) is 2. The third kappa shape index (κ3) is 7.19. The van der Waals surface area contributed by atoms with Crippen molar-refractivity contribution in [3.8, 4) is 5.75 Å². The molecule has 37 heavy (non-hydrogen) atoms. The third-order valence-electron chi connectivity index (χ3n) is 6.72. The normalized spacial score (nSPS) is 20.2. The summed E-state index contributed by atoms with van der Waals surface area (Å²) >= 11 is 3.59. The van der Waals surface area contributed by atoms with Gasteiger partial charge in [-0.15, -0.1) is 0 Å². The van der Waals surface area contributed by atoms with Crippen LogP contribution in [0.5, 0.6) is 5.75 Å². The minimum Gasteiger partial charge on any atom is -0.489 e. The highest BCUT2D eigenvalue weighted by Crippen LogP contribution is 2.50. The van der Waals surface area contributed by atoms with E-state index in [1.54, 1.807) is 0 Å². The number of halogens is 1. The number of aliphatic carboxylic acids is 1. The Morgan fingerprint density at radius 2 is 2.00 bits per heavy atom. The van der Waals surface area contributed by atoms with E-state index in [2.05, 4.69) is 51.7 Å². The van der Waals surface area contributed by atoms with Gasteiger partial charge in [0.05, 0.1) is 5.92 Å². The zero-order valence-electron chi connectivity index (χ0n) is 21.6. The van der Waals surface area contributed by atoms with Crippen LogP contribution in [0.1, 0.15) is 40.3 Å². The van der Waals surface area contributed by atoms with E-state index in [0.29, 0.717) is 6.61 Å². The van der Waals surface area contributed by atoms with Gasteiger partial charge in [0.1, 0.15) is 25.1 Å². The summed E-state index contributed by atoms with van der Waals surface area (Å²) in [6.07, 6.45) is 3.91. The number of ether oxygens (including phenoxy) is 2. The van der Waals surface area contributed by atoms with Crippen molar-refractivity contribution < 1.29 is 34.3 Å². The molecule has 0 saturated carbocycles. The van der Waals surface area contributed by atoms with Crippen LogP contribution < -0.4 is 4.74 Å². The van der Waals surface area contributed by atoms with Crippen molar-refractivity contribution >= 4 is 27.9 Å². The van der Waals surface area contributed by atoms with E-state index in [9.17, 15) is 9.59 Å². The Hall–Kier alpha value is -2.72. The van der Waals surface area contributed by atoms with Gasteiger partial charge in [0.25, 0.3) is 0 Å². The molecule has 1 fully saturated rings. The predicted molar refractivity (Wildman–Crippen MR) is 142 cm³/mol. The molecular formula is C28H34BrNO7. The van der Waals surface area contributed by atoms with E-state index in [1.165, 1.54) is 22.8 Å². The van der Waals surface area contributed by atoms with Gasteiger partial charge in [-0.05, 0) is 75.7 Å². The Morgan fingerprint density at radius 3 is 2.65 bits per heavy atom. The lowest BCUT2D eigenvalue weighted by Gasteiger charge is -2.32. The van der Waals surface area contributed by atoms with Crippen LogP contribution in [-0.4, -0.2) is 54.4 Å². The maximum atomic E-state index is 12.6. The van der Waals surface area contributed by atoms with Crippen LogP contribution in [0.3, 0.4) is 0 Å². The minimum absolute atomic E-state index is 0.0484. The standard InChI is InChI=1S/C24H28BrNO3.C4H6O4/c1-14-11-21(28-13-16-7-5-6-8-20(16)25)15(2)22-17(14)9-10-18-19(12-26(3)4)24(27)29-23(18)22;5-4(6)2-1-3-8-7/h5-8,11,18-19,23H,9-10,12-13H2,1-4H3;1-2,7H,3H2,(H,5,6)/b;2-1+/t18-,19?,23+;/m0./s1. The van der Waals surface area contributed by atoms with Gasteiger partial charge in [-0.25, -0.2) is 9.68 Å². The van der Waals surface area contributed by atoms with Crippen LogP contribution in [0.25, 0.3) is 0 Å². The highest BCUT2D eigenvalue weighted by molar-refractivity contribution is 9.10. The van der Waals surface area contributed by atoms with Gasteiger partial charge in [0.2, 0.25) is 0 Å². The first kappa shape index (κ1) is 28.8. The summed E-state index contributed by atoms with van der Waals surface area (Å²) in [6.45, 7) is 5.39. The molecule has 1 heterocycles. The molecule has 9 heteroatoms. The highest BCUT2D eigenvalue weighted by atomic mass is 79.9. The molecule has 1 aliphatic carbocycles. The van der Waals surface area contributed by atoms with Gasteiger partial charge < -0.3 is 19.5 Å². The van der Waals surface area contributed by atoms with Crippen LogP contribution in [0, 0.1) is 25.7 Å². The first-order valence-electron chi connectivity index (χ1n) is 12.1. The molecule has 1 unspecified atom stereocenters. The van der Waals surface area contributed by atoms with Gasteiger partial charge in [0.15, 0.2) is 0 Å². The molecule has 1 aliphatic heterocycles. The zero-order valence-corrected chi connectivity index (χ0v) is 23.2. The average Bonchev–Trinajstić information content (AvgIpc) is 3.16. The Kier molecular flexibility index (Phi) is 10.3. The average molecular weight is 576 g/mol. The Morgan fingerprint density at radius 1 is 1.27 bits per heavy atom. The SMILES string of the molecule is Cc1cc(OCc2ccccc2Br)c(C)c2c1CC[C@H]1C(CN(C)C)C(=O)O[C@@H]21.O=C(O)/C=C/COO. The molecule has 4 rings (SSSR count). The summed E-state index contributed by atoms with van der Waals surface area (Å²) in [6, 6.07) is 10.2. The van der Waals surface area contributed by atoms with Crippen LogP contribution >= 0.6 is 15.9 Å². The van der Waals surface area contributed by atoms with Crippen molar-refractivity contribution in [3.63, 3.8) is 0 Å². The molecule has 0 spiro atoms. The number of rotatable bonds is 8. The second kappa shape index (κ2) is 13.2. The smallest absolute Gasteiger partial charge is 0.328 e. The van der Waals surface area contributed by atoms with Crippen LogP contribution in [0.2, 0.25) is 0 Å². The second-order valence-corrected chi connectivity index (χ2v) is 10.4. The van der Waals surface area contributed by atoms with Gasteiger partial charge in [-0.1, -0.05) is 34.1 Å². The van der Waals surface area contributed by atoms with Gasteiger partial charge in [-0.2, -0.15) is 0 Å². The Labute approximate surface area is 225 Å². The number of carbonyl (C=O) groups is 2.